The van der Waals surface area contributed by atoms with Crippen molar-refractivity contribution in [3.63, 3.8) is 0 Å². The molecule has 8 nitrogen and oxygen atoms in total. The van der Waals surface area contributed by atoms with Crippen LogP contribution in [0, 0.1) is 11.6 Å². The molecule has 1 heterocycles. The third kappa shape index (κ3) is 8.35. The van der Waals surface area contributed by atoms with Crippen molar-refractivity contribution in [3.8, 4) is 0 Å². The zero-order valence-electron chi connectivity index (χ0n) is 20.9. The quantitative estimate of drug-likeness (QED) is 0.508. The van der Waals surface area contributed by atoms with E-state index in [1.54, 1.807) is 6.07 Å². The first-order chi connectivity index (χ1) is 16.2. The van der Waals surface area contributed by atoms with Crippen molar-refractivity contribution in [1.82, 2.24) is 0 Å². The fraction of sp³-hybridized carbons (Fsp3) is 0.455. The van der Waals surface area contributed by atoms with Crippen molar-refractivity contribution in [2.75, 3.05) is 12.5 Å². The number of hydrogen-bond acceptors (Lipinski definition) is 8. The summed E-state index contributed by atoms with van der Waals surface area (Å²) in [6.45, 7) is 7.57. The monoisotopic (exact) mass is 546 g/mol. The predicted molar refractivity (Wildman–Crippen MR) is 135 cm³/mol. The van der Waals surface area contributed by atoms with Gasteiger partial charge in [0.25, 0.3) is 0 Å². The van der Waals surface area contributed by atoms with Crippen LogP contribution in [-0.2, 0) is 40.5 Å². The molecule has 0 bridgehead atoms. The van der Waals surface area contributed by atoms with Crippen LogP contribution in [0.15, 0.2) is 36.4 Å². The lowest BCUT2D eigenvalue weighted by Gasteiger charge is -2.32. The van der Waals surface area contributed by atoms with E-state index in [4.69, 9.17) is 19.4 Å². The zero-order valence-corrected chi connectivity index (χ0v) is 22.6. The van der Waals surface area contributed by atoms with Gasteiger partial charge in [0, 0.05) is 23.4 Å². The molecule has 1 aliphatic rings. The van der Waals surface area contributed by atoms with Gasteiger partial charge < -0.3 is 19.4 Å². The second-order valence-corrected chi connectivity index (χ2v) is 14.1. The molecular formula is C22H30B2F2O8S2. The molecule has 2 N–H and O–H groups in total. The molecule has 0 radical (unpaired) electrons. The maximum Gasteiger partial charge on any atom is 0.497 e. The number of halogens is 2. The van der Waals surface area contributed by atoms with Gasteiger partial charge in [-0.2, -0.15) is 0 Å². The molecule has 2 aromatic rings. The number of sulfone groups is 2. The summed E-state index contributed by atoms with van der Waals surface area (Å²) in [4.78, 5) is 0. The maximum atomic E-state index is 14.2. The molecule has 3 rings (SSSR count). The molecule has 1 aliphatic heterocycles. The van der Waals surface area contributed by atoms with E-state index >= 15 is 0 Å². The molecule has 1 fully saturated rings. The van der Waals surface area contributed by atoms with Gasteiger partial charge in [0.1, 0.15) is 11.6 Å². The van der Waals surface area contributed by atoms with Gasteiger partial charge in [-0.1, -0.05) is 24.3 Å². The Morgan fingerprint density at radius 3 is 1.58 bits per heavy atom. The molecule has 14 heteroatoms. The van der Waals surface area contributed by atoms with Crippen molar-refractivity contribution in [1.29, 1.82) is 0 Å². The third-order valence-electron chi connectivity index (χ3n) is 5.77. The normalized spacial score (nSPS) is 16.9. The van der Waals surface area contributed by atoms with E-state index in [1.807, 2.05) is 27.7 Å². The summed E-state index contributed by atoms with van der Waals surface area (Å²) in [6.07, 6.45) is 2.16. The highest BCUT2D eigenvalue weighted by Crippen LogP contribution is 2.36. The van der Waals surface area contributed by atoms with E-state index in [0.29, 0.717) is 5.56 Å². The molecule has 0 atom stereocenters. The van der Waals surface area contributed by atoms with Gasteiger partial charge in [0.15, 0.2) is 19.7 Å². The van der Waals surface area contributed by atoms with E-state index in [2.05, 4.69) is 0 Å². The van der Waals surface area contributed by atoms with Crippen molar-refractivity contribution in [2.45, 2.75) is 50.4 Å². The fourth-order valence-corrected chi connectivity index (χ4v) is 4.87. The summed E-state index contributed by atoms with van der Waals surface area (Å²) in [5, 5.41) is 17.5. The summed E-state index contributed by atoms with van der Waals surface area (Å²) in [5.74, 6) is -1.81. The van der Waals surface area contributed by atoms with Gasteiger partial charge in [0.2, 0.25) is 0 Å². The minimum atomic E-state index is -3.22. The van der Waals surface area contributed by atoms with Gasteiger partial charge in [-0.25, -0.2) is 25.6 Å². The van der Waals surface area contributed by atoms with Crippen molar-refractivity contribution < 1.29 is 45.0 Å². The van der Waals surface area contributed by atoms with Crippen LogP contribution < -0.4 is 10.9 Å². The van der Waals surface area contributed by atoms with E-state index in [-0.39, 0.29) is 28.0 Å². The third-order valence-corrected chi connectivity index (χ3v) is 7.49. The van der Waals surface area contributed by atoms with E-state index in [1.165, 1.54) is 18.2 Å². The van der Waals surface area contributed by atoms with E-state index in [9.17, 15) is 25.6 Å². The number of benzene rings is 2. The van der Waals surface area contributed by atoms with Crippen LogP contribution in [-0.4, -0.2) is 64.8 Å². The minimum absolute atomic E-state index is 0.187. The van der Waals surface area contributed by atoms with E-state index < -0.39 is 56.7 Å². The highest BCUT2D eigenvalue weighted by Gasteiger charge is 2.52. The van der Waals surface area contributed by atoms with Gasteiger partial charge in [-0.05, 0) is 51.0 Å². The van der Waals surface area contributed by atoms with Gasteiger partial charge in [-0.15, -0.1) is 0 Å². The molecule has 1 saturated heterocycles. The maximum absolute atomic E-state index is 14.2. The van der Waals surface area contributed by atoms with Gasteiger partial charge >= 0.3 is 14.2 Å². The van der Waals surface area contributed by atoms with Crippen molar-refractivity contribution in [3.05, 3.63) is 59.2 Å². The fourth-order valence-electron chi connectivity index (χ4n) is 3.30. The topological polar surface area (TPSA) is 127 Å². The van der Waals surface area contributed by atoms with Crippen LogP contribution in [0.3, 0.4) is 0 Å². The summed E-state index contributed by atoms with van der Waals surface area (Å²) in [6, 6.07) is 7.82. The average Bonchev–Trinajstić information content (AvgIpc) is 2.86. The Balaban J connectivity index is 0.000000269. The number of hydrogen-bond donors (Lipinski definition) is 2. The Morgan fingerprint density at radius 2 is 1.22 bits per heavy atom. The van der Waals surface area contributed by atoms with Crippen LogP contribution in [0.4, 0.5) is 8.78 Å². The molecule has 198 valence electrons. The van der Waals surface area contributed by atoms with Gasteiger partial charge in [0.05, 0.1) is 22.7 Å². The Labute approximate surface area is 211 Å². The summed E-state index contributed by atoms with van der Waals surface area (Å²) < 4.78 is 83.3. The van der Waals surface area contributed by atoms with Crippen LogP contribution in [0.5, 0.6) is 0 Å². The Bertz CT molecular complexity index is 1300. The first-order valence-corrected chi connectivity index (χ1v) is 15.0. The zero-order chi connectivity index (χ0) is 27.7. The molecule has 2 aromatic carbocycles. The molecule has 36 heavy (non-hydrogen) atoms. The van der Waals surface area contributed by atoms with Crippen LogP contribution >= 0.6 is 0 Å². The molecular weight excluding hydrogens is 516 g/mol. The predicted octanol–water partition coefficient (Wildman–Crippen LogP) is 0.720. The molecule has 0 amide bonds. The van der Waals surface area contributed by atoms with Crippen LogP contribution in [0.25, 0.3) is 0 Å². The minimum Gasteiger partial charge on any atom is -0.423 e. The largest absolute Gasteiger partial charge is 0.497 e. The lowest BCUT2D eigenvalue weighted by molar-refractivity contribution is 0.00578. The molecule has 0 aliphatic carbocycles. The number of rotatable bonds is 6. The first kappa shape index (κ1) is 30.4. The van der Waals surface area contributed by atoms with Crippen LogP contribution in [0.2, 0.25) is 0 Å². The first-order valence-electron chi connectivity index (χ1n) is 10.8. The molecule has 0 spiro atoms. The molecule has 0 unspecified atom stereocenters. The SMILES string of the molecule is CC1(C)OB(c2ccc(CS(C)(=O)=O)cc2F)OC1(C)C.CS(=O)(=O)Cc1ccc(B(O)O)c(F)c1. The standard InChI is InChI=1S/C14H20BFO4S.C8H10BFO4S/c1-13(2)14(3,4)20-15(19-13)11-7-6-10(8-12(11)16)9-21(5,17)18;1-15(13,14)5-6-2-3-7(9(11)12)8(10)4-6/h6-8H,9H2,1-5H3;2-4,11-12H,5H2,1H3. The lowest BCUT2D eigenvalue weighted by Crippen LogP contribution is -2.41. The molecule has 0 saturated carbocycles. The Kier molecular flexibility index (Phi) is 9.19. The van der Waals surface area contributed by atoms with Crippen molar-refractivity contribution >= 4 is 44.8 Å². The van der Waals surface area contributed by atoms with Gasteiger partial charge in [-0.3, -0.25) is 0 Å². The molecule has 0 aromatic heterocycles. The second-order valence-electron chi connectivity index (χ2n) is 9.81. The highest BCUT2D eigenvalue weighted by molar-refractivity contribution is 7.90. The van der Waals surface area contributed by atoms with Crippen molar-refractivity contribution in [2.24, 2.45) is 0 Å². The second kappa shape index (κ2) is 10.9. The van der Waals surface area contributed by atoms with E-state index in [0.717, 1.165) is 24.6 Å². The lowest BCUT2D eigenvalue weighted by atomic mass is 9.78. The summed E-state index contributed by atoms with van der Waals surface area (Å²) in [7, 11) is -9.09. The van der Waals surface area contributed by atoms with Crippen LogP contribution in [0.1, 0.15) is 38.8 Å². The average molecular weight is 546 g/mol. The Morgan fingerprint density at radius 1 is 0.806 bits per heavy atom. The highest BCUT2D eigenvalue weighted by atomic mass is 32.2. The Hall–Kier alpha value is -1.83. The summed E-state index contributed by atoms with van der Waals surface area (Å²) in [5.41, 5.74) is -0.391. The smallest absolute Gasteiger partial charge is 0.423 e. The summed E-state index contributed by atoms with van der Waals surface area (Å²) >= 11 is 0.